The SMILES string of the molecule is C=C(O)/C=c1/c(-c2c(C#N)cccc2C#N)c(-c2cccc(-c3ccc(C(=O)N=O)cc3Cl)c2)[nH]/c1=C/C. The van der Waals surface area contributed by atoms with Crippen LogP contribution in [0.2, 0.25) is 5.02 Å². The Hall–Kier alpha value is -5.24. The summed E-state index contributed by atoms with van der Waals surface area (Å²) in [5.74, 6) is -1.10. The van der Waals surface area contributed by atoms with Crippen LogP contribution in [0.15, 0.2) is 78.2 Å². The number of allylic oxidation sites excluding steroid dienone is 1. The standard InChI is InChI=1S/C30H19ClN4O3/c1-3-26-24(12-17(2)36)28(27-21(15-32)8-5-9-22(27)16-33)29(34-26)19-7-4-6-18(13-19)23-11-10-20(14-25(23)31)30(37)35-38/h3-14,34,36H,2H2,1H3/b24-12+,26-3+. The fourth-order valence-corrected chi connectivity index (χ4v) is 4.63. The van der Waals surface area contributed by atoms with Gasteiger partial charge in [-0.05, 0) is 54.5 Å². The number of nitrogens with zero attached hydrogens (tertiary/aromatic N) is 3. The Morgan fingerprint density at radius 2 is 1.68 bits per heavy atom. The molecule has 0 bridgehead atoms. The smallest absolute Gasteiger partial charge is 0.316 e. The molecule has 1 aromatic heterocycles. The summed E-state index contributed by atoms with van der Waals surface area (Å²) < 4.78 is 0. The monoisotopic (exact) mass is 518 g/mol. The second-order valence-electron chi connectivity index (χ2n) is 8.25. The number of rotatable bonds is 5. The van der Waals surface area contributed by atoms with Crippen LogP contribution < -0.4 is 10.6 Å². The van der Waals surface area contributed by atoms with Gasteiger partial charge in [-0.2, -0.15) is 10.5 Å². The molecule has 2 N–H and O–H groups in total. The van der Waals surface area contributed by atoms with Gasteiger partial charge in [0.2, 0.25) is 0 Å². The van der Waals surface area contributed by atoms with E-state index >= 15 is 0 Å². The lowest BCUT2D eigenvalue weighted by Gasteiger charge is -2.11. The van der Waals surface area contributed by atoms with Crippen molar-refractivity contribution in [3.63, 3.8) is 0 Å². The number of aromatic nitrogens is 1. The van der Waals surface area contributed by atoms with E-state index in [0.29, 0.717) is 49.6 Å². The number of amides is 1. The molecule has 0 aliphatic heterocycles. The highest BCUT2D eigenvalue weighted by atomic mass is 35.5. The second kappa shape index (κ2) is 10.8. The topological polar surface area (TPSA) is 130 Å². The predicted octanol–water partition coefficient (Wildman–Crippen LogP) is 5.97. The molecule has 0 radical (unpaired) electrons. The number of nitroso groups, excluding NO2 is 1. The van der Waals surface area contributed by atoms with Gasteiger partial charge < -0.3 is 10.1 Å². The highest BCUT2D eigenvalue weighted by molar-refractivity contribution is 6.33. The van der Waals surface area contributed by atoms with Crippen molar-refractivity contribution >= 4 is 29.7 Å². The molecule has 0 saturated carbocycles. The normalized spacial score (nSPS) is 11.6. The zero-order chi connectivity index (χ0) is 27.4. The van der Waals surface area contributed by atoms with Crippen LogP contribution in [0.25, 0.3) is 45.7 Å². The van der Waals surface area contributed by atoms with Gasteiger partial charge in [0.25, 0.3) is 0 Å². The Labute approximate surface area is 222 Å². The number of aliphatic hydroxyl groups is 1. The predicted molar refractivity (Wildman–Crippen MR) is 147 cm³/mol. The molecule has 0 spiro atoms. The van der Waals surface area contributed by atoms with E-state index < -0.39 is 5.91 Å². The van der Waals surface area contributed by atoms with Crippen LogP contribution in [-0.2, 0) is 0 Å². The van der Waals surface area contributed by atoms with Gasteiger partial charge in [0.1, 0.15) is 5.76 Å². The molecular formula is C30H19ClN4O3. The summed E-state index contributed by atoms with van der Waals surface area (Å²) in [6.07, 6.45) is 3.30. The van der Waals surface area contributed by atoms with Gasteiger partial charge in [-0.3, -0.25) is 4.79 Å². The van der Waals surface area contributed by atoms with E-state index in [9.17, 15) is 25.3 Å². The van der Waals surface area contributed by atoms with E-state index in [4.69, 9.17) is 11.6 Å². The molecule has 0 fully saturated rings. The number of aliphatic hydroxyl groups excluding tert-OH is 1. The fourth-order valence-electron chi connectivity index (χ4n) is 4.34. The van der Waals surface area contributed by atoms with Gasteiger partial charge in [0.15, 0.2) is 0 Å². The van der Waals surface area contributed by atoms with Crippen LogP contribution in [0.5, 0.6) is 0 Å². The van der Waals surface area contributed by atoms with Gasteiger partial charge in [-0.15, -0.1) is 4.91 Å². The summed E-state index contributed by atoms with van der Waals surface area (Å²) in [5, 5.41) is 33.8. The zero-order valence-electron chi connectivity index (χ0n) is 20.1. The number of hydrogen-bond donors (Lipinski definition) is 2. The minimum absolute atomic E-state index is 0.0845. The van der Waals surface area contributed by atoms with Crippen LogP contribution in [0.3, 0.4) is 0 Å². The number of carbonyl (C=O) groups is 1. The number of nitrogens with one attached hydrogen (secondary N) is 1. The highest BCUT2D eigenvalue weighted by Crippen LogP contribution is 2.35. The Morgan fingerprint density at radius 3 is 2.26 bits per heavy atom. The average molecular weight is 519 g/mol. The number of benzene rings is 3. The van der Waals surface area contributed by atoms with Crippen molar-refractivity contribution in [2.24, 2.45) is 5.18 Å². The molecule has 4 aromatic rings. The lowest BCUT2D eigenvalue weighted by molar-refractivity contribution is 0.100. The number of H-pyrrole nitrogens is 1. The molecule has 7 nitrogen and oxygen atoms in total. The molecule has 38 heavy (non-hydrogen) atoms. The second-order valence-corrected chi connectivity index (χ2v) is 8.66. The zero-order valence-corrected chi connectivity index (χ0v) is 20.9. The largest absolute Gasteiger partial charge is 0.509 e. The van der Waals surface area contributed by atoms with Gasteiger partial charge in [0, 0.05) is 43.0 Å². The number of carbonyl (C=O) groups excluding carboxylic acids is 1. The first-order chi connectivity index (χ1) is 18.3. The molecule has 0 aliphatic rings. The third kappa shape index (κ3) is 4.75. The summed E-state index contributed by atoms with van der Waals surface area (Å²) in [4.78, 5) is 25.6. The average Bonchev–Trinajstić information content (AvgIpc) is 3.28. The van der Waals surface area contributed by atoms with Gasteiger partial charge in [-0.1, -0.05) is 54.6 Å². The number of halogens is 1. The van der Waals surface area contributed by atoms with E-state index in [1.54, 1.807) is 24.3 Å². The lowest BCUT2D eigenvalue weighted by Crippen LogP contribution is -2.24. The van der Waals surface area contributed by atoms with E-state index in [-0.39, 0.29) is 16.3 Å². The molecule has 184 valence electrons. The third-order valence-corrected chi connectivity index (χ3v) is 6.30. The first-order valence-corrected chi connectivity index (χ1v) is 11.7. The van der Waals surface area contributed by atoms with Crippen molar-refractivity contribution in [1.82, 2.24) is 4.98 Å². The summed E-state index contributed by atoms with van der Waals surface area (Å²) in [5.41, 5.74) is 4.34. The van der Waals surface area contributed by atoms with Crippen molar-refractivity contribution in [3.8, 4) is 45.6 Å². The van der Waals surface area contributed by atoms with Crippen LogP contribution in [0.1, 0.15) is 28.4 Å². The molecule has 4 rings (SSSR count). The number of hydrogen-bond acceptors (Lipinski definition) is 5. The first kappa shape index (κ1) is 25.8. The summed E-state index contributed by atoms with van der Waals surface area (Å²) in [7, 11) is 0. The third-order valence-electron chi connectivity index (χ3n) is 5.99. The minimum atomic E-state index is -0.912. The first-order valence-electron chi connectivity index (χ1n) is 11.3. The molecule has 0 saturated heterocycles. The Kier molecular flexibility index (Phi) is 7.34. The quantitative estimate of drug-likeness (QED) is 0.248. The minimum Gasteiger partial charge on any atom is -0.509 e. The molecule has 0 atom stereocenters. The molecular weight excluding hydrogens is 500 g/mol. The van der Waals surface area contributed by atoms with Gasteiger partial charge in [-0.25, -0.2) is 0 Å². The van der Waals surface area contributed by atoms with E-state index in [0.717, 1.165) is 5.56 Å². The molecule has 3 aromatic carbocycles. The van der Waals surface area contributed by atoms with Crippen LogP contribution in [0, 0.1) is 27.6 Å². The fraction of sp³-hybridized carbons (Fsp3) is 0.0333. The Morgan fingerprint density at radius 1 is 1.03 bits per heavy atom. The molecule has 8 heteroatoms. The maximum Gasteiger partial charge on any atom is 0.316 e. The molecule has 1 amide bonds. The maximum absolute atomic E-state index is 11.7. The summed E-state index contributed by atoms with van der Waals surface area (Å²) in [6, 6.07) is 21.1. The Balaban J connectivity index is 2.05. The summed E-state index contributed by atoms with van der Waals surface area (Å²) >= 11 is 6.46. The van der Waals surface area contributed by atoms with Crippen molar-refractivity contribution in [3.05, 3.63) is 110 Å². The summed E-state index contributed by atoms with van der Waals surface area (Å²) in [6.45, 7) is 5.42. The van der Waals surface area contributed by atoms with Crippen LogP contribution >= 0.6 is 11.6 Å². The highest BCUT2D eigenvalue weighted by Gasteiger charge is 2.20. The van der Waals surface area contributed by atoms with E-state index in [2.05, 4.69) is 28.9 Å². The maximum atomic E-state index is 11.7. The van der Waals surface area contributed by atoms with Gasteiger partial charge >= 0.3 is 5.91 Å². The van der Waals surface area contributed by atoms with E-state index in [1.165, 1.54) is 18.2 Å². The van der Waals surface area contributed by atoms with E-state index in [1.807, 2.05) is 37.3 Å². The van der Waals surface area contributed by atoms with Crippen LogP contribution in [0.4, 0.5) is 0 Å². The lowest BCUT2D eigenvalue weighted by atomic mass is 9.91. The number of nitriles is 2. The van der Waals surface area contributed by atoms with Crippen molar-refractivity contribution in [2.75, 3.05) is 0 Å². The number of aromatic amines is 1. The Bertz CT molecular complexity index is 1810. The van der Waals surface area contributed by atoms with Crippen molar-refractivity contribution in [1.29, 1.82) is 10.5 Å². The van der Waals surface area contributed by atoms with Crippen LogP contribution in [-0.4, -0.2) is 16.0 Å². The van der Waals surface area contributed by atoms with Crippen molar-refractivity contribution in [2.45, 2.75) is 6.92 Å². The molecule has 0 unspecified atom stereocenters. The molecule has 1 heterocycles. The van der Waals surface area contributed by atoms with Gasteiger partial charge in [0.05, 0.1) is 29.0 Å². The molecule has 0 aliphatic carbocycles. The van der Waals surface area contributed by atoms with Crippen molar-refractivity contribution < 1.29 is 9.90 Å².